The number of alkyl carbamates (subject to hydrolysis) is 1. The minimum absolute atomic E-state index is 0.117. The molecule has 11 heteroatoms. The number of carbonyl (C=O) groups is 4. The molecule has 2 aromatic rings. The van der Waals surface area contributed by atoms with Crippen LogP contribution in [-0.4, -0.2) is 44.8 Å². The standard InChI is InChI=1S/C13H17NO4.C8H7ClO2.C5H11NO2/c1-3-13(2,11(15)16)14-12(17)18-9-10-7-5-4-6-8-10;9-8(10)11-6-7-4-2-1-3-5-7;1-3-5(2,6)4(7)8/h4-8H,3,9H2,1-2H3,(H,14,17)(H,15,16);1-5H,6H2;3,6H2,1-2H3,(H,7,8). The molecule has 37 heavy (non-hydrogen) atoms. The summed E-state index contributed by atoms with van der Waals surface area (Å²) in [6.45, 7) is 6.73. The molecule has 0 bridgehead atoms. The molecule has 0 saturated heterocycles. The summed E-state index contributed by atoms with van der Waals surface area (Å²) in [5.41, 5.74) is 3.93. The Morgan fingerprint density at radius 2 is 1.24 bits per heavy atom. The number of benzene rings is 2. The molecular weight excluding hydrogens is 504 g/mol. The number of carboxylic acid groups (broad SMARTS) is 2. The Morgan fingerprint density at radius 1 is 0.811 bits per heavy atom. The number of carboxylic acids is 2. The predicted molar refractivity (Wildman–Crippen MR) is 139 cm³/mol. The molecule has 1 amide bonds. The van der Waals surface area contributed by atoms with Gasteiger partial charge in [0, 0.05) is 11.6 Å². The van der Waals surface area contributed by atoms with Crippen molar-refractivity contribution in [3.05, 3.63) is 71.8 Å². The fourth-order valence-electron chi connectivity index (χ4n) is 2.14. The van der Waals surface area contributed by atoms with E-state index in [0.29, 0.717) is 6.42 Å². The van der Waals surface area contributed by atoms with Crippen LogP contribution in [0.25, 0.3) is 0 Å². The molecule has 2 atom stereocenters. The van der Waals surface area contributed by atoms with Gasteiger partial charge in [-0.2, -0.15) is 0 Å². The second-order valence-corrected chi connectivity index (χ2v) is 8.57. The summed E-state index contributed by atoms with van der Waals surface area (Å²) in [6.07, 6.45) is 0.0103. The van der Waals surface area contributed by atoms with Crippen molar-refractivity contribution in [2.75, 3.05) is 0 Å². The first kappa shape index (κ1) is 33.4. The Hall–Kier alpha value is -3.63. The quantitative estimate of drug-likeness (QED) is 0.324. The molecule has 0 aliphatic carbocycles. The van der Waals surface area contributed by atoms with Crippen LogP contribution < -0.4 is 11.1 Å². The summed E-state index contributed by atoms with van der Waals surface area (Å²) >= 11 is 4.97. The number of hydrogen-bond donors (Lipinski definition) is 4. The molecule has 0 heterocycles. The zero-order chi connectivity index (χ0) is 28.5. The Kier molecular flexibility index (Phi) is 15.3. The molecule has 0 aromatic heterocycles. The number of hydrogen-bond acceptors (Lipinski definition) is 7. The van der Waals surface area contributed by atoms with Crippen molar-refractivity contribution in [1.29, 1.82) is 0 Å². The monoisotopic (exact) mass is 538 g/mol. The molecule has 0 saturated carbocycles. The van der Waals surface area contributed by atoms with Crippen molar-refractivity contribution < 1.29 is 38.9 Å². The molecule has 5 N–H and O–H groups in total. The molecule has 0 spiro atoms. The van der Waals surface area contributed by atoms with Gasteiger partial charge >= 0.3 is 23.5 Å². The third-order valence-electron chi connectivity index (χ3n) is 5.19. The number of halogens is 1. The summed E-state index contributed by atoms with van der Waals surface area (Å²) in [5.74, 6) is -2.03. The third-order valence-corrected chi connectivity index (χ3v) is 5.30. The first-order valence-corrected chi connectivity index (χ1v) is 11.8. The van der Waals surface area contributed by atoms with E-state index in [1.54, 1.807) is 13.8 Å². The largest absolute Gasteiger partial charge is 0.480 e. The van der Waals surface area contributed by atoms with E-state index < -0.39 is 34.5 Å². The molecular formula is C26H35ClN2O8. The highest BCUT2D eigenvalue weighted by Crippen LogP contribution is 2.10. The third kappa shape index (κ3) is 14.5. The average Bonchev–Trinajstić information content (AvgIpc) is 2.88. The Labute approximate surface area is 221 Å². The van der Waals surface area contributed by atoms with E-state index in [-0.39, 0.29) is 19.6 Å². The number of ether oxygens (including phenoxy) is 2. The Morgan fingerprint density at radius 3 is 1.54 bits per heavy atom. The molecule has 2 aromatic carbocycles. The fraction of sp³-hybridized carbons (Fsp3) is 0.385. The maximum absolute atomic E-state index is 11.5. The van der Waals surface area contributed by atoms with Crippen molar-refractivity contribution in [3.63, 3.8) is 0 Å². The first-order valence-electron chi connectivity index (χ1n) is 11.4. The van der Waals surface area contributed by atoms with Crippen LogP contribution in [0.5, 0.6) is 0 Å². The number of rotatable bonds is 9. The second kappa shape index (κ2) is 16.9. The van der Waals surface area contributed by atoms with Gasteiger partial charge in [-0.3, -0.25) is 4.79 Å². The molecule has 2 unspecified atom stereocenters. The van der Waals surface area contributed by atoms with E-state index in [9.17, 15) is 19.2 Å². The van der Waals surface area contributed by atoms with E-state index in [2.05, 4.69) is 10.1 Å². The van der Waals surface area contributed by atoms with Gasteiger partial charge in [0.15, 0.2) is 0 Å². The minimum Gasteiger partial charge on any atom is -0.480 e. The zero-order valence-electron chi connectivity index (χ0n) is 21.4. The smallest absolute Gasteiger partial charge is 0.408 e. The van der Waals surface area contributed by atoms with Gasteiger partial charge in [0.25, 0.3) is 0 Å². The zero-order valence-corrected chi connectivity index (χ0v) is 22.2. The number of aliphatic carboxylic acids is 2. The van der Waals surface area contributed by atoms with Crippen LogP contribution in [0.3, 0.4) is 0 Å². The Bertz CT molecular complexity index is 987. The van der Waals surface area contributed by atoms with Gasteiger partial charge in [-0.25, -0.2) is 14.4 Å². The van der Waals surface area contributed by atoms with Gasteiger partial charge in [0.2, 0.25) is 0 Å². The lowest BCUT2D eigenvalue weighted by Crippen LogP contribution is -2.51. The summed E-state index contributed by atoms with van der Waals surface area (Å²) in [6, 6.07) is 18.5. The van der Waals surface area contributed by atoms with Crippen LogP contribution in [0.2, 0.25) is 0 Å². The van der Waals surface area contributed by atoms with Gasteiger partial charge in [0.05, 0.1) is 0 Å². The van der Waals surface area contributed by atoms with E-state index in [1.807, 2.05) is 60.7 Å². The van der Waals surface area contributed by atoms with E-state index in [0.717, 1.165) is 11.1 Å². The van der Waals surface area contributed by atoms with E-state index in [4.69, 9.17) is 32.3 Å². The molecule has 0 fully saturated rings. The SMILES string of the molecule is CCC(C)(N)C(=O)O.CCC(C)(NC(=O)OCc1ccccc1)C(=O)O.O=C(Cl)OCc1ccccc1. The summed E-state index contributed by atoms with van der Waals surface area (Å²) in [5, 5.41) is 19.7. The lowest BCUT2D eigenvalue weighted by atomic mass is 10.00. The second-order valence-electron chi connectivity index (χ2n) is 8.27. The van der Waals surface area contributed by atoms with Crippen molar-refractivity contribution >= 4 is 35.1 Å². The minimum atomic E-state index is -1.30. The molecule has 0 aliphatic rings. The summed E-state index contributed by atoms with van der Waals surface area (Å²) < 4.78 is 9.52. The predicted octanol–water partition coefficient (Wildman–Crippen LogP) is 4.93. The van der Waals surface area contributed by atoms with Crippen molar-refractivity contribution in [1.82, 2.24) is 5.32 Å². The highest BCUT2D eigenvalue weighted by molar-refractivity contribution is 6.61. The highest BCUT2D eigenvalue weighted by Gasteiger charge is 2.33. The molecule has 0 radical (unpaired) electrons. The molecule has 2 rings (SSSR count). The summed E-state index contributed by atoms with van der Waals surface area (Å²) in [7, 11) is 0. The van der Waals surface area contributed by atoms with Crippen LogP contribution in [0.1, 0.15) is 51.7 Å². The maximum atomic E-state index is 11.5. The average molecular weight is 539 g/mol. The number of nitrogens with one attached hydrogen (secondary N) is 1. The highest BCUT2D eigenvalue weighted by atomic mass is 35.5. The van der Waals surface area contributed by atoms with Crippen LogP contribution in [0.4, 0.5) is 9.59 Å². The van der Waals surface area contributed by atoms with Crippen LogP contribution in [-0.2, 0) is 32.3 Å². The van der Waals surface area contributed by atoms with Crippen LogP contribution in [0, 0.1) is 0 Å². The van der Waals surface area contributed by atoms with Crippen molar-refractivity contribution in [3.8, 4) is 0 Å². The molecule has 204 valence electrons. The lowest BCUT2D eigenvalue weighted by molar-refractivity contribution is -0.144. The topological polar surface area (TPSA) is 165 Å². The molecule has 10 nitrogen and oxygen atoms in total. The molecule has 0 aliphatic heterocycles. The van der Waals surface area contributed by atoms with Crippen LogP contribution in [0.15, 0.2) is 60.7 Å². The van der Waals surface area contributed by atoms with E-state index in [1.165, 1.54) is 13.8 Å². The maximum Gasteiger partial charge on any atom is 0.408 e. The summed E-state index contributed by atoms with van der Waals surface area (Å²) in [4.78, 5) is 42.8. The van der Waals surface area contributed by atoms with Crippen molar-refractivity contribution in [2.24, 2.45) is 5.73 Å². The number of amides is 1. The normalized spacial score (nSPS) is 13.0. The van der Waals surface area contributed by atoms with Gasteiger partial charge in [-0.05, 0) is 37.8 Å². The van der Waals surface area contributed by atoms with E-state index >= 15 is 0 Å². The van der Waals surface area contributed by atoms with Gasteiger partial charge in [0.1, 0.15) is 24.3 Å². The van der Waals surface area contributed by atoms with Crippen molar-refractivity contribution in [2.45, 2.75) is 64.8 Å². The lowest BCUT2D eigenvalue weighted by Gasteiger charge is -2.23. The number of carbonyl (C=O) groups excluding carboxylic acids is 2. The first-order chi connectivity index (χ1) is 17.3. The van der Waals surface area contributed by atoms with Gasteiger partial charge in [-0.1, -0.05) is 74.5 Å². The van der Waals surface area contributed by atoms with Gasteiger partial charge in [-0.15, -0.1) is 0 Å². The van der Waals surface area contributed by atoms with Gasteiger partial charge < -0.3 is 30.7 Å². The van der Waals surface area contributed by atoms with Crippen LogP contribution >= 0.6 is 11.6 Å². The Balaban J connectivity index is 0.000000580. The fourth-order valence-corrected chi connectivity index (χ4v) is 2.20. The number of nitrogens with two attached hydrogens (primary N) is 1.